The van der Waals surface area contributed by atoms with Crippen LogP contribution < -0.4 is 5.32 Å². The maximum Gasteiger partial charge on any atom is 0.341 e. The van der Waals surface area contributed by atoms with Crippen molar-refractivity contribution in [2.75, 3.05) is 18.2 Å². The number of rotatable bonds is 8. The van der Waals surface area contributed by atoms with E-state index in [4.69, 9.17) is 16.3 Å². The molecule has 0 saturated carbocycles. The number of fused-ring (bicyclic) bond motifs is 1. The number of esters is 1. The van der Waals surface area contributed by atoms with Crippen LogP contribution >= 0.6 is 34.7 Å². The van der Waals surface area contributed by atoms with E-state index in [2.05, 4.69) is 22.4 Å². The Bertz CT molecular complexity index is 1190. The summed E-state index contributed by atoms with van der Waals surface area (Å²) in [6.45, 7) is 4.93. The van der Waals surface area contributed by atoms with Gasteiger partial charge in [-0.1, -0.05) is 42.4 Å². The number of thioether (sulfide) groups is 1. The minimum Gasteiger partial charge on any atom is -0.465 e. The molecule has 0 radical (unpaired) electrons. The zero-order valence-corrected chi connectivity index (χ0v) is 21.8. The first-order valence-electron chi connectivity index (χ1n) is 11.2. The summed E-state index contributed by atoms with van der Waals surface area (Å²) in [6.07, 6.45) is 3.41. The van der Waals surface area contributed by atoms with E-state index in [1.165, 1.54) is 35.1 Å². The summed E-state index contributed by atoms with van der Waals surface area (Å²) < 4.78 is 7.02. The van der Waals surface area contributed by atoms with E-state index >= 15 is 0 Å². The van der Waals surface area contributed by atoms with Crippen LogP contribution in [-0.2, 0) is 35.3 Å². The maximum absolute atomic E-state index is 12.8. The first-order valence-corrected chi connectivity index (χ1v) is 13.4. The molecule has 0 fully saturated rings. The zero-order chi connectivity index (χ0) is 24.2. The molecule has 4 rings (SSSR count). The summed E-state index contributed by atoms with van der Waals surface area (Å²) in [5, 5.41) is 13.5. The van der Waals surface area contributed by atoms with Crippen LogP contribution in [0.1, 0.15) is 52.5 Å². The monoisotopic (exact) mass is 518 g/mol. The molecule has 7 nitrogen and oxygen atoms in total. The van der Waals surface area contributed by atoms with E-state index in [0.29, 0.717) is 39.6 Å². The molecule has 2 aromatic heterocycles. The first-order chi connectivity index (χ1) is 16.4. The number of hydrogen-bond donors (Lipinski definition) is 1. The fourth-order valence-electron chi connectivity index (χ4n) is 4.11. The Balaban J connectivity index is 1.44. The summed E-state index contributed by atoms with van der Waals surface area (Å²) in [5.41, 5.74) is 2.62. The lowest BCUT2D eigenvalue weighted by atomic mass is 9.88. The van der Waals surface area contributed by atoms with Gasteiger partial charge in [0.15, 0.2) is 5.16 Å². The number of amides is 1. The van der Waals surface area contributed by atoms with Gasteiger partial charge in [0.05, 0.1) is 18.4 Å². The number of anilines is 1. The fraction of sp³-hybridized carbons (Fsp3) is 0.417. The number of carbonyl (C=O) groups excluding carboxylic acids is 2. The van der Waals surface area contributed by atoms with Crippen molar-refractivity contribution >= 4 is 51.6 Å². The van der Waals surface area contributed by atoms with Crippen LogP contribution in [0.3, 0.4) is 0 Å². The molecule has 34 heavy (non-hydrogen) atoms. The molecule has 1 unspecified atom stereocenters. The number of thiophene rings is 1. The van der Waals surface area contributed by atoms with E-state index in [0.717, 1.165) is 36.2 Å². The Morgan fingerprint density at radius 3 is 2.76 bits per heavy atom. The normalized spacial score (nSPS) is 15.1. The molecule has 10 heteroatoms. The third kappa shape index (κ3) is 5.47. The van der Waals surface area contributed by atoms with Gasteiger partial charge in [-0.2, -0.15) is 0 Å². The van der Waals surface area contributed by atoms with Gasteiger partial charge in [0.1, 0.15) is 10.8 Å². The van der Waals surface area contributed by atoms with E-state index in [-0.39, 0.29) is 11.7 Å². The summed E-state index contributed by atoms with van der Waals surface area (Å²) in [6, 6.07) is 7.65. The van der Waals surface area contributed by atoms with Gasteiger partial charge in [0.25, 0.3) is 0 Å². The van der Waals surface area contributed by atoms with E-state index in [1.807, 2.05) is 35.8 Å². The van der Waals surface area contributed by atoms with Crippen molar-refractivity contribution in [1.29, 1.82) is 0 Å². The standard InChI is InChI=1S/C24H27ClN4O3S2/c1-4-29-19(12-15-6-8-16(25)9-7-15)27-28-24(29)33-13-20(30)26-22-21(23(31)32-3)17-10-5-14(2)11-18(17)34-22/h6-9,14H,4-5,10-13H2,1-3H3,(H,26,30). The van der Waals surface area contributed by atoms with Crippen LogP contribution in [0.25, 0.3) is 0 Å². The van der Waals surface area contributed by atoms with E-state index in [1.54, 1.807) is 0 Å². The second-order valence-corrected chi connectivity index (χ2v) is 10.8. The number of hydrogen-bond acceptors (Lipinski definition) is 7. The summed E-state index contributed by atoms with van der Waals surface area (Å²) in [5.74, 6) is 0.983. The van der Waals surface area contributed by atoms with Gasteiger partial charge in [-0.05, 0) is 55.4 Å². The molecule has 2 heterocycles. The van der Waals surface area contributed by atoms with Crippen molar-refractivity contribution in [2.45, 2.75) is 51.2 Å². The van der Waals surface area contributed by atoms with Crippen LogP contribution in [0, 0.1) is 5.92 Å². The highest BCUT2D eigenvalue weighted by Crippen LogP contribution is 2.40. The Morgan fingerprint density at radius 2 is 2.06 bits per heavy atom. The van der Waals surface area contributed by atoms with Crippen molar-refractivity contribution in [3.8, 4) is 0 Å². The predicted octanol–water partition coefficient (Wildman–Crippen LogP) is 5.25. The lowest BCUT2D eigenvalue weighted by Gasteiger charge is -2.18. The lowest BCUT2D eigenvalue weighted by molar-refractivity contribution is -0.113. The van der Waals surface area contributed by atoms with Crippen LogP contribution in [0.15, 0.2) is 29.4 Å². The van der Waals surface area contributed by atoms with Gasteiger partial charge < -0.3 is 14.6 Å². The smallest absolute Gasteiger partial charge is 0.341 e. The topological polar surface area (TPSA) is 86.1 Å². The molecule has 180 valence electrons. The van der Waals surface area contributed by atoms with Crippen molar-refractivity contribution in [2.24, 2.45) is 5.92 Å². The van der Waals surface area contributed by atoms with Crippen molar-refractivity contribution in [1.82, 2.24) is 14.8 Å². The Kier molecular flexibility index (Phi) is 7.95. The fourth-order valence-corrected chi connectivity index (χ4v) is 6.47. The Labute approximate surface area is 212 Å². The Morgan fingerprint density at radius 1 is 1.29 bits per heavy atom. The first kappa shape index (κ1) is 24.8. The molecule has 1 aromatic carbocycles. The van der Waals surface area contributed by atoms with Gasteiger partial charge in [-0.25, -0.2) is 4.79 Å². The second-order valence-electron chi connectivity index (χ2n) is 8.33. The van der Waals surface area contributed by atoms with Crippen molar-refractivity contribution in [3.63, 3.8) is 0 Å². The molecule has 0 spiro atoms. The highest BCUT2D eigenvalue weighted by molar-refractivity contribution is 7.99. The number of halogens is 1. The van der Waals surface area contributed by atoms with Gasteiger partial charge in [0.2, 0.25) is 5.91 Å². The highest BCUT2D eigenvalue weighted by Gasteiger charge is 2.29. The average molecular weight is 519 g/mol. The molecule has 1 atom stereocenters. The predicted molar refractivity (Wildman–Crippen MR) is 136 cm³/mol. The molecule has 1 aliphatic rings. The second kappa shape index (κ2) is 10.9. The molecule has 0 bridgehead atoms. The number of carbonyl (C=O) groups is 2. The number of nitrogens with one attached hydrogen (secondary N) is 1. The third-order valence-electron chi connectivity index (χ3n) is 5.87. The van der Waals surface area contributed by atoms with Crippen LogP contribution in [0.5, 0.6) is 0 Å². The minimum absolute atomic E-state index is 0.165. The summed E-state index contributed by atoms with van der Waals surface area (Å²) in [7, 11) is 1.37. The van der Waals surface area contributed by atoms with Gasteiger partial charge in [-0.15, -0.1) is 21.5 Å². The minimum atomic E-state index is -0.396. The van der Waals surface area contributed by atoms with Gasteiger partial charge >= 0.3 is 5.97 Å². The molecular weight excluding hydrogens is 492 g/mol. The molecule has 0 saturated heterocycles. The lowest BCUT2D eigenvalue weighted by Crippen LogP contribution is -2.17. The highest BCUT2D eigenvalue weighted by atomic mass is 35.5. The number of nitrogens with zero attached hydrogens (tertiary/aromatic N) is 3. The molecular formula is C24H27ClN4O3S2. The molecule has 1 N–H and O–H groups in total. The van der Waals surface area contributed by atoms with Gasteiger partial charge in [-0.3, -0.25) is 4.79 Å². The van der Waals surface area contributed by atoms with Crippen LogP contribution in [-0.4, -0.2) is 39.5 Å². The van der Waals surface area contributed by atoms with E-state index in [9.17, 15) is 9.59 Å². The van der Waals surface area contributed by atoms with Crippen LogP contribution in [0.4, 0.5) is 5.00 Å². The van der Waals surface area contributed by atoms with Crippen molar-refractivity contribution in [3.05, 3.63) is 56.7 Å². The molecule has 0 aliphatic heterocycles. The quantitative estimate of drug-likeness (QED) is 0.324. The number of ether oxygens (including phenoxy) is 1. The summed E-state index contributed by atoms with van der Waals surface area (Å²) >= 11 is 8.80. The van der Waals surface area contributed by atoms with Gasteiger partial charge in [0, 0.05) is 22.9 Å². The number of aromatic nitrogens is 3. The number of methoxy groups -OCH3 is 1. The largest absolute Gasteiger partial charge is 0.465 e. The van der Waals surface area contributed by atoms with E-state index < -0.39 is 5.97 Å². The maximum atomic E-state index is 12.8. The average Bonchev–Trinajstić information content (AvgIpc) is 3.38. The third-order valence-corrected chi connectivity index (χ3v) is 8.26. The molecule has 3 aromatic rings. The molecule has 1 amide bonds. The van der Waals surface area contributed by atoms with Crippen molar-refractivity contribution < 1.29 is 14.3 Å². The SMILES string of the molecule is CCn1c(Cc2ccc(Cl)cc2)nnc1SCC(=O)Nc1sc2c(c1C(=O)OC)CCC(C)C2. The Hall–Kier alpha value is -2.36. The van der Waals surface area contributed by atoms with Crippen LogP contribution in [0.2, 0.25) is 5.02 Å². The number of benzene rings is 1. The zero-order valence-electron chi connectivity index (χ0n) is 19.4. The summed E-state index contributed by atoms with van der Waals surface area (Å²) in [4.78, 5) is 26.4. The molecule has 1 aliphatic carbocycles.